The molecule has 0 heterocycles. The Morgan fingerprint density at radius 2 is 2.00 bits per heavy atom. The first kappa shape index (κ1) is 16.7. The summed E-state index contributed by atoms with van der Waals surface area (Å²) in [5.41, 5.74) is 1.45. The molecule has 1 nitrogen and oxygen atoms in total. The van der Waals surface area contributed by atoms with Crippen molar-refractivity contribution in [2.45, 2.75) is 52.4 Å². The fraction of sp³-hybridized carbons (Fsp3) is 0.647. The summed E-state index contributed by atoms with van der Waals surface area (Å²) in [7, 11) is 0. The van der Waals surface area contributed by atoms with Crippen LogP contribution >= 0.6 is 15.9 Å². The molecular weight excluding hydrogens is 298 g/mol. The molecular formula is C17H28BrN. The van der Waals surface area contributed by atoms with Gasteiger partial charge in [-0.25, -0.2) is 0 Å². The van der Waals surface area contributed by atoms with Crippen molar-refractivity contribution in [3.63, 3.8) is 0 Å². The Morgan fingerprint density at radius 1 is 1.16 bits per heavy atom. The summed E-state index contributed by atoms with van der Waals surface area (Å²) in [4.78, 5) is 0. The number of hydrogen-bond acceptors (Lipinski definition) is 1. The molecule has 0 aromatic heterocycles. The Kier molecular flexibility index (Phi) is 9.19. The summed E-state index contributed by atoms with van der Waals surface area (Å²) in [5.74, 6) is 0.771. The van der Waals surface area contributed by atoms with Crippen molar-refractivity contribution in [1.82, 2.24) is 5.32 Å². The van der Waals surface area contributed by atoms with Crippen LogP contribution in [0.3, 0.4) is 0 Å². The van der Waals surface area contributed by atoms with Crippen molar-refractivity contribution in [3.05, 3.63) is 34.3 Å². The SMILES string of the molecule is CCCCCC(CNCCC)Cc1cccc(Br)c1. The second-order valence-corrected chi connectivity index (χ2v) is 6.32. The molecule has 1 aromatic carbocycles. The van der Waals surface area contributed by atoms with Gasteiger partial charge >= 0.3 is 0 Å². The summed E-state index contributed by atoms with van der Waals surface area (Å²) in [5, 5.41) is 3.59. The number of nitrogens with one attached hydrogen (secondary N) is 1. The highest BCUT2D eigenvalue weighted by Gasteiger charge is 2.09. The average molecular weight is 326 g/mol. The van der Waals surface area contributed by atoms with E-state index in [4.69, 9.17) is 0 Å². The first-order valence-corrected chi connectivity index (χ1v) is 8.50. The first-order valence-electron chi connectivity index (χ1n) is 7.71. The highest BCUT2D eigenvalue weighted by Crippen LogP contribution is 2.18. The van der Waals surface area contributed by atoms with Crippen molar-refractivity contribution in [2.24, 2.45) is 5.92 Å². The molecule has 1 aromatic rings. The molecule has 19 heavy (non-hydrogen) atoms. The van der Waals surface area contributed by atoms with Gasteiger partial charge < -0.3 is 5.32 Å². The Labute approximate surface area is 127 Å². The van der Waals surface area contributed by atoms with Gasteiger partial charge in [0.2, 0.25) is 0 Å². The van der Waals surface area contributed by atoms with E-state index in [1.165, 1.54) is 48.6 Å². The lowest BCUT2D eigenvalue weighted by molar-refractivity contribution is 0.424. The van der Waals surface area contributed by atoms with Crippen LogP contribution in [0.1, 0.15) is 51.5 Å². The van der Waals surface area contributed by atoms with Crippen molar-refractivity contribution in [3.8, 4) is 0 Å². The zero-order valence-electron chi connectivity index (χ0n) is 12.4. The topological polar surface area (TPSA) is 12.0 Å². The molecule has 0 aliphatic rings. The van der Waals surface area contributed by atoms with Gasteiger partial charge in [-0.05, 0) is 56.0 Å². The van der Waals surface area contributed by atoms with Crippen LogP contribution < -0.4 is 5.32 Å². The number of unbranched alkanes of at least 4 members (excludes halogenated alkanes) is 2. The molecule has 0 aliphatic carbocycles. The van der Waals surface area contributed by atoms with Crippen LogP contribution in [-0.4, -0.2) is 13.1 Å². The zero-order valence-corrected chi connectivity index (χ0v) is 14.0. The van der Waals surface area contributed by atoms with E-state index in [0.717, 1.165) is 19.0 Å². The van der Waals surface area contributed by atoms with E-state index in [0.29, 0.717) is 0 Å². The van der Waals surface area contributed by atoms with Gasteiger partial charge in [0.25, 0.3) is 0 Å². The third-order valence-electron chi connectivity index (χ3n) is 3.49. The fourth-order valence-electron chi connectivity index (χ4n) is 2.44. The largest absolute Gasteiger partial charge is 0.316 e. The standard InChI is InChI=1S/C17H28BrN/c1-3-5-6-8-16(14-19-11-4-2)12-15-9-7-10-17(18)13-15/h7,9-10,13,16,19H,3-6,8,11-12,14H2,1-2H3. The minimum Gasteiger partial charge on any atom is -0.316 e. The molecule has 0 aliphatic heterocycles. The fourth-order valence-corrected chi connectivity index (χ4v) is 2.89. The van der Waals surface area contributed by atoms with Gasteiger partial charge in [-0.1, -0.05) is 61.2 Å². The van der Waals surface area contributed by atoms with Crippen LogP contribution in [0.2, 0.25) is 0 Å². The van der Waals surface area contributed by atoms with Crippen molar-refractivity contribution in [2.75, 3.05) is 13.1 Å². The number of halogens is 1. The molecule has 1 atom stereocenters. The van der Waals surface area contributed by atoms with Crippen molar-refractivity contribution < 1.29 is 0 Å². The molecule has 0 saturated carbocycles. The molecule has 0 spiro atoms. The normalized spacial score (nSPS) is 12.6. The van der Waals surface area contributed by atoms with Crippen LogP contribution in [0.15, 0.2) is 28.7 Å². The predicted octanol–water partition coefficient (Wildman–Crippen LogP) is 5.19. The predicted molar refractivity (Wildman–Crippen MR) is 88.6 cm³/mol. The van der Waals surface area contributed by atoms with E-state index >= 15 is 0 Å². The molecule has 0 amide bonds. The van der Waals surface area contributed by atoms with Gasteiger partial charge in [-0.15, -0.1) is 0 Å². The van der Waals surface area contributed by atoms with Gasteiger partial charge in [0.1, 0.15) is 0 Å². The van der Waals surface area contributed by atoms with E-state index in [9.17, 15) is 0 Å². The minimum atomic E-state index is 0.771. The van der Waals surface area contributed by atoms with Crippen molar-refractivity contribution >= 4 is 15.9 Å². The number of rotatable bonds is 10. The maximum absolute atomic E-state index is 3.59. The lowest BCUT2D eigenvalue weighted by Gasteiger charge is -2.18. The molecule has 2 heteroatoms. The highest BCUT2D eigenvalue weighted by molar-refractivity contribution is 9.10. The molecule has 1 N–H and O–H groups in total. The third kappa shape index (κ3) is 7.74. The summed E-state index contributed by atoms with van der Waals surface area (Å²) in [6.45, 7) is 6.80. The Bertz CT molecular complexity index is 328. The zero-order chi connectivity index (χ0) is 13.9. The Hall–Kier alpha value is -0.340. The monoisotopic (exact) mass is 325 g/mol. The van der Waals surface area contributed by atoms with E-state index in [1.54, 1.807) is 0 Å². The van der Waals surface area contributed by atoms with Crippen LogP contribution in [0.4, 0.5) is 0 Å². The molecule has 1 unspecified atom stereocenters. The van der Waals surface area contributed by atoms with E-state index < -0.39 is 0 Å². The molecule has 0 radical (unpaired) electrons. The van der Waals surface area contributed by atoms with Gasteiger partial charge in [0.05, 0.1) is 0 Å². The lowest BCUT2D eigenvalue weighted by atomic mass is 9.93. The maximum atomic E-state index is 3.59. The van der Waals surface area contributed by atoms with Gasteiger partial charge in [-0.3, -0.25) is 0 Å². The summed E-state index contributed by atoms with van der Waals surface area (Å²) < 4.78 is 1.19. The van der Waals surface area contributed by atoms with Crippen LogP contribution in [0.25, 0.3) is 0 Å². The summed E-state index contributed by atoms with van der Waals surface area (Å²) in [6, 6.07) is 8.75. The number of hydrogen-bond donors (Lipinski definition) is 1. The minimum absolute atomic E-state index is 0.771. The molecule has 0 saturated heterocycles. The van der Waals surface area contributed by atoms with Gasteiger partial charge in [0.15, 0.2) is 0 Å². The average Bonchev–Trinajstić information content (AvgIpc) is 2.39. The first-order chi connectivity index (χ1) is 9.26. The molecule has 108 valence electrons. The Morgan fingerprint density at radius 3 is 2.68 bits per heavy atom. The van der Waals surface area contributed by atoms with Gasteiger partial charge in [0, 0.05) is 4.47 Å². The summed E-state index contributed by atoms with van der Waals surface area (Å²) >= 11 is 3.56. The summed E-state index contributed by atoms with van der Waals surface area (Å²) in [6.07, 6.45) is 7.80. The second kappa shape index (κ2) is 10.4. The highest BCUT2D eigenvalue weighted by atomic mass is 79.9. The second-order valence-electron chi connectivity index (χ2n) is 5.40. The van der Waals surface area contributed by atoms with Crippen molar-refractivity contribution in [1.29, 1.82) is 0 Å². The molecule has 0 bridgehead atoms. The quantitative estimate of drug-likeness (QED) is 0.584. The molecule has 0 fully saturated rings. The lowest BCUT2D eigenvalue weighted by Crippen LogP contribution is -2.25. The third-order valence-corrected chi connectivity index (χ3v) is 3.98. The van der Waals surface area contributed by atoms with Crippen LogP contribution in [0, 0.1) is 5.92 Å². The smallest absolute Gasteiger partial charge is 0.0177 e. The number of benzene rings is 1. The Balaban J connectivity index is 2.46. The molecule has 1 rings (SSSR count). The van der Waals surface area contributed by atoms with Crippen LogP contribution in [-0.2, 0) is 6.42 Å². The van der Waals surface area contributed by atoms with E-state index in [1.807, 2.05) is 0 Å². The van der Waals surface area contributed by atoms with Crippen LogP contribution in [0.5, 0.6) is 0 Å². The van der Waals surface area contributed by atoms with E-state index in [-0.39, 0.29) is 0 Å². The van der Waals surface area contributed by atoms with Gasteiger partial charge in [-0.2, -0.15) is 0 Å². The van der Waals surface area contributed by atoms with E-state index in [2.05, 4.69) is 59.4 Å². The maximum Gasteiger partial charge on any atom is 0.0177 e.